The van der Waals surface area contributed by atoms with Crippen molar-refractivity contribution in [1.82, 2.24) is 34.0 Å². The third kappa shape index (κ3) is 8.41. The second-order valence-electron chi connectivity index (χ2n) is 18.0. The lowest BCUT2D eigenvalue weighted by atomic mass is 9.95. The number of benzene rings is 2. The summed E-state index contributed by atoms with van der Waals surface area (Å²) in [5.74, 6) is 0.382. The summed E-state index contributed by atoms with van der Waals surface area (Å²) >= 11 is -1.25. The van der Waals surface area contributed by atoms with Crippen LogP contribution in [0.4, 0.5) is 17.3 Å². The third-order valence-electron chi connectivity index (χ3n) is 14.1. The molecule has 7 heterocycles. The van der Waals surface area contributed by atoms with E-state index in [-0.39, 0.29) is 41.8 Å². The molecular weight excluding hydrogens is 805 g/mol. The molecule has 0 radical (unpaired) electrons. The van der Waals surface area contributed by atoms with Crippen molar-refractivity contribution >= 4 is 57.4 Å². The predicted molar refractivity (Wildman–Crippen MR) is 238 cm³/mol. The highest BCUT2D eigenvalue weighted by Crippen LogP contribution is 2.33. The van der Waals surface area contributed by atoms with Gasteiger partial charge in [0.2, 0.25) is 17.8 Å². The summed E-state index contributed by atoms with van der Waals surface area (Å²) in [5.41, 5.74) is 4.55. The summed E-state index contributed by atoms with van der Waals surface area (Å²) in [7, 11) is 0. The lowest BCUT2D eigenvalue weighted by Crippen LogP contribution is -2.52. The zero-order valence-electron chi connectivity index (χ0n) is 35.3. The van der Waals surface area contributed by atoms with Gasteiger partial charge in [-0.25, -0.2) is 4.98 Å². The van der Waals surface area contributed by atoms with Gasteiger partial charge in [0.05, 0.1) is 11.4 Å². The molecule has 1 saturated carbocycles. The van der Waals surface area contributed by atoms with Gasteiger partial charge in [0.15, 0.2) is 4.90 Å². The standard InChI is InChI=1S/C46H56N10O5S/c57-41-12-11-40(44(59)49-41)55-30-33-26-37(9-10-39(33)45(55)60)53-24-22-51(23-25-53)29-31-14-18-52(19-15-31)36-6-3-7-38(27-36)62(61)54-20-16-34(17-21-54)48-46-47-28-32-8-13-42(58)56(43(32)50-46)35-4-1-2-5-35/h3,6-10,13,26-28,31,34-35,40H,1-2,4-5,11-12,14-25,29-30H2,(H,47,48,50)(H,49,57,59). The summed E-state index contributed by atoms with van der Waals surface area (Å²) < 4.78 is 17.8. The van der Waals surface area contributed by atoms with Crippen LogP contribution in [0.1, 0.15) is 86.2 Å². The van der Waals surface area contributed by atoms with Gasteiger partial charge in [-0.3, -0.25) is 34.0 Å². The maximum Gasteiger partial charge on any atom is 0.255 e. The normalized spacial score (nSPS) is 23.0. The van der Waals surface area contributed by atoms with Crippen molar-refractivity contribution in [3.05, 3.63) is 82.3 Å². The molecule has 15 nitrogen and oxygen atoms in total. The van der Waals surface area contributed by atoms with Crippen LogP contribution < -0.4 is 26.0 Å². The second kappa shape index (κ2) is 17.6. The zero-order chi connectivity index (χ0) is 42.3. The molecule has 2 atom stereocenters. The van der Waals surface area contributed by atoms with E-state index < -0.39 is 17.4 Å². The fraction of sp³-hybridized carbons (Fsp3) is 0.522. The molecule has 5 aliphatic heterocycles. The predicted octanol–water partition coefficient (Wildman–Crippen LogP) is 4.31. The van der Waals surface area contributed by atoms with E-state index in [9.17, 15) is 23.7 Å². The summed E-state index contributed by atoms with van der Waals surface area (Å²) in [4.78, 5) is 69.5. The summed E-state index contributed by atoms with van der Waals surface area (Å²) in [5, 5.41) is 6.78. The Morgan fingerprint density at radius 2 is 1.55 bits per heavy atom. The minimum Gasteiger partial charge on any atom is -0.593 e. The van der Waals surface area contributed by atoms with Crippen molar-refractivity contribution in [3.63, 3.8) is 0 Å². The van der Waals surface area contributed by atoms with Crippen molar-refractivity contribution in [2.24, 2.45) is 5.92 Å². The smallest absolute Gasteiger partial charge is 0.255 e. The number of aromatic nitrogens is 3. The average Bonchev–Trinajstić information content (AvgIpc) is 3.95. The first-order valence-corrected chi connectivity index (χ1v) is 23.8. The van der Waals surface area contributed by atoms with E-state index >= 15 is 0 Å². The Balaban J connectivity index is 0.675. The van der Waals surface area contributed by atoms with Crippen LogP contribution in [0.25, 0.3) is 11.0 Å². The number of rotatable bonds is 10. The maximum atomic E-state index is 13.9. The van der Waals surface area contributed by atoms with E-state index in [0.717, 1.165) is 124 Å². The SMILES string of the molecule is O=C1CCC(N2Cc3cc(N4CCN(CC5CCN(c6cccc([S+]([O-])N7CCC(Nc8ncc9ccc(=O)n(C%10CCCC%10)c9n8)CC7)c6)CC5)CC4)ccc3C2=O)C(=O)N1. The molecule has 2 aromatic carbocycles. The monoisotopic (exact) mass is 860 g/mol. The zero-order valence-corrected chi connectivity index (χ0v) is 36.1. The molecule has 2 N–H and O–H groups in total. The van der Waals surface area contributed by atoms with Crippen LogP contribution in [0.5, 0.6) is 0 Å². The number of nitrogens with one attached hydrogen (secondary N) is 2. The fourth-order valence-corrected chi connectivity index (χ4v) is 11.9. The van der Waals surface area contributed by atoms with Crippen LogP contribution >= 0.6 is 0 Å². The van der Waals surface area contributed by atoms with Crippen molar-refractivity contribution in [2.45, 2.75) is 93.8 Å². The molecule has 5 fully saturated rings. The number of amides is 3. The molecule has 4 saturated heterocycles. The van der Waals surface area contributed by atoms with E-state index in [2.05, 4.69) is 52.8 Å². The summed E-state index contributed by atoms with van der Waals surface area (Å²) in [6, 6.07) is 17.5. The Hall–Kier alpha value is -5.03. The van der Waals surface area contributed by atoms with Crippen molar-refractivity contribution in [2.75, 3.05) is 74.0 Å². The Bertz CT molecular complexity index is 2380. The van der Waals surface area contributed by atoms with Crippen LogP contribution in [-0.4, -0.2) is 122 Å². The molecule has 6 aliphatic rings. The Kier molecular flexibility index (Phi) is 11.7. The Labute approximate surface area is 365 Å². The summed E-state index contributed by atoms with van der Waals surface area (Å²) in [6.45, 7) is 8.66. The van der Waals surface area contributed by atoms with E-state index in [1.54, 1.807) is 11.0 Å². The van der Waals surface area contributed by atoms with Crippen LogP contribution in [0.15, 0.2) is 70.5 Å². The highest BCUT2D eigenvalue weighted by Gasteiger charge is 2.39. The number of imide groups is 1. The number of carbonyl (C=O) groups excluding carboxylic acids is 3. The van der Waals surface area contributed by atoms with Gasteiger partial charge < -0.3 is 24.6 Å². The average molecular weight is 861 g/mol. The molecule has 0 spiro atoms. The van der Waals surface area contributed by atoms with Crippen LogP contribution in [-0.2, 0) is 27.5 Å². The van der Waals surface area contributed by atoms with Crippen molar-refractivity contribution in [3.8, 4) is 0 Å². The Morgan fingerprint density at radius 3 is 2.32 bits per heavy atom. The number of hydrogen-bond donors (Lipinski definition) is 2. The molecule has 4 aromatic rings. The first kappa shape index (κ1) is 41.0. The number of piperidine rings is 3. The lowest BCUT2D eigenvalue weighted by molar-refractivity contribution is -0.136. The van der Waals surface area contributed by atoms with Gasteiger partial charge in [-0.05, 0) is 92.8 Å². The third-order valence-corrected chi connectivity index (χ3v) is 15.6. The topological polar surface area (TPSA) is 162 Å². The van der Waals surface area contributed by atoms with Crippen LogP contribution in [0, 0.1) is 5.92 Å². The summed E-state index contributed by atoms with van der Waals surface area (Å²) in [6.07, 6.45) is 10.6. The van der Waals surface area contributed by atoms with E-state index in [1.807, 2.05) is 41.1 Å². The lowest BCUT2D eigenvalue weighted by Gasteiger charge is -2.40. The minimum absolute atomic E-state index is 0.0000718. The van der Waals surface area contributed by atoms with Gasteiger partial charge in [-0.1, -0.05) is 18.9 Å². The largest absolute Gasteiger partial charge is 0.593 e. The molecular formula is C46H56N10O5S. The molecule has 0 bridgehead atoms. The highest BCUT2D eigenvalue weighted by molar-refractivity contribution is 7.89. The molecule has 16 heteroatoms. The second-order valence-corrected chi connectivity index (χ2v) is 19.5. The molecule has 2 aromatic heterocycles. The van der Waals surface area contributed by atoms with Gasteiger partial charge in [0.1, 0.15) is 11.7 Å². The van der Waals surface area contributed by atoms with Gasteiger partial charge in [0.25, 0.3) is 11.5 Å². The highest BCUT2D eigenvalue weighted by atomic mass is 32.2. The van der Waals surface area contributed by atoms with Crippen LogP contribution in [0.3, 0.4) is 0 Å². The van der Waals surface area contributed by atoms with Crippen LogP contribution in [0.2, 0.25) is 0 Å². The Morgan fingerprint density at radius 1 is 0.790 bits per heavy atom. The number of hydrogen-bond acceptors (Lipinski definition) is 12. The minimum atomic E-state index is -1.25. The quantitative estimate of drug-likeness (QED) is 0.172. The molecule has 3 amide bonds. The molecule has 326 valence electrons. The fourth-order valence-electron chi connectivity index (χ4n) is 10.6. The number of piperazine rings is 1. The van der Waals surface area contributed by atoms with E-state index in [4.69, 9.17) is 4.98 Å². The molecule has 2 unspecified atom stereocenters. The number of carbonyl (C=O) groups is 3. The molecule has 62 heavy (non-hydrogen) atoms. The number of nitrogens with zero attached hydrogens (tertiary/aromatic N) is 8. The maximum absolute atomic E-state index is 13.9. The van der Waals surface area contributed by atoms with Gasteiger partial charge in [0, 0.05) is 125 Å². The number of fused-ring (bicyclic) bond motifs is 2. The van der Waals surface area contributed by atoms with Gasteiger partial charge in [-0.15, -0.1) is 4.31 Å². The first-order valence-electron chi connectivity index (χ1n) is 22.7. The number of anilines is 3. The van der Waals surface area contributed by atoms with Gasteiger partial charge in [-0.2, -0.15) is 4.98 Å². The van der Waals surface area contributed by atoms with Gasteiger partial charge >= 0.3 is 0 Å². The molecule has 1 aliphatic carbocycles. The molecule has 10 rings (SSSR count). The first-order chi connectivity index (χ1) is 30.2. The number of pyridine rings is 1. The van der Waals surface area contributed by atoms with Crippen molar-refractivity contribution in [1.29, 1.82) is 0 Å². The van der Waals surface area contributed by atoms with Crippen molar-refractivity contribution < 1.29 is 18.9 Å². The van der Waals surface area contributed by atoms with E-state index in [1.165, 1.54) is 0 Å². The van der Waals surface area contributed by atoms with E-state index in [0.29, 0.717) is 49.1 Å².